The smallest absolute Gasteiger partial charge is 0.130 e. The van der Waals surface area contributed by atoms with Gasteiger partial charge in [0.25, 0.3) is 0 Å². The van der Waals surface area contributed by atoms with Crippen molar-refractivity contribution in [2.24, 2.45) is 0 Å². The predicted octanol–water partition coefficient (Wildman–Crippen LogP) is 4.56. The van der Waals surface area contributed by atoms with Crippen LogP contribution in [0.5, 0.6) is 5.75 Å². The Morgan fingerprint density at radius 1 is 1.33 bits per heavy atom. The van der Waals surface area contributed by atoms with Gasteiger partial charge >= 0.3 is 0 Å². The molecule has 0 aliphatic heterocycles. The van der Waals surface area contributed by atoms with E-state index in [2.05, 4.69) is 26.2 Å². The summed E-state index contributed by atoms with van der Waals surface area (Å²) in [5.74, 6) is 1.49. The number of aryl methyl sites for hydroxylation is 1. The van der Waals surface area contributed by atoms with Crippen molar-refractivity contribution in [3.05, 3.63) is 45.5 Å². The van der Waals surface area contributed by atoms with Gasteiger partial charge in [-0.25, -0.2) is 4.98 Å². The van der Waals surface area contributed by atoms with Crippen LogP contribution in [0.1, 0.15) is 5.56 Å². The molecule has 0 unspecified atom stereocenters. The number of hydrogen-bond donors (Lipinski definition) is 1. The normalized spacial score (nSPS) is 10.2. The molecule has 2 rings (SSSR count). The molecule has 1 N–H and O–H groups in total. The Hall–Kier alpha value is -1.26. The van der Waals surface area contributed by atoms with E-state index in [-0.39, 0.29) is 0 Å². The lowest BCUT2D eigenvalue weighted by atomic mass is 10.2. The minimum Gasteiger partial charge on any atom is -0.497 e. The number of nitrogens with zero attached hydrogens (tertiary/aromatic N) is 1. The largest absolute Gasteiger partial charge is 0.497 e. The van der Waals surface area contributed by atoms with Crippen molar-refractivity contribution in [3.63, 3.8) is 0 Å². The molecule has 0 amide bonds. The van der Waals surface area contributed by atoms with Crippen LogP contribution in [0.4, 0.5) is 11.5 Å². The van der Waals surface area contributed by atoms with Crippen molar-refractivity contribution in [2.45, 2.75) is 6.92 Å². The molecule has 94 valence electrons. The second-order valence-corrected chi connectivity index (χ2v) is 5.05. The number of ether oxygens (including phenoxy) is 1. The van der Waals surface area contributed by atoms with Crippen molar-refractivity contribution in [1.82, 2.24) is 4.98 Å². The summed E-state index contributed by atoms with van der Waals surface area (Å²) >= 11 is 9.53. The molecule has 0 bridgehead atoms. The summed E-state index contributed by atoms with van der Waals surface area (Å²) in [6, 6.07) is 7.38. The van der Waals surface area contributed by atoms with Crippen LogP contribution in [0.2, 0.25) is 5.02 Å². The van der Waals surface area contributed by atoms with Gasteiger partial charge in [-0.3, -0.25) is 0 Å². The number of anilines is 2. The van der Waals surface area contributed by atoms with Crippen LogP contribution in [-0.2, 0) is 0 Å². The molecule has 2 aromatic rings. The highest BCUT2D eigenvalue weighted by Crippen LogP contribution is 2.29. The van der Waals surface area contributed by atoms with Gasteiger partial charge in [-0.1, -0.05) is 11.6 Å². The molecule has 1 aromatic carbocycles. The maximum absolute atomic E-state index is 6.12. The Morgan fingerprint density at radius 3 is 2.78 bits per heavy atom. The lowest BCUT2D eigenvalue weighted by Crippen LogP contribution is -1.96. The van der Waals surface area contributed by atoms with Gasteiger partial charge in [0.15, 0.2) is 0 Å². The first kappa shape index (κ1) is 13.2. The Morgan fingerprint density at radius 2 is 2.11 bits per heavy atom. The molecule has 5 heteroatoms. The van der Waals surface area contributed by atoms with Crippen LogP contribution in [0.25, 0.3) is 0 Å². The Labute approximate surface area is 119 Å². The molecule has 1 aromatic heterocycles. The first-order chi connectivity index (χ1) is 8.60. The number of aromatic nitrogens is 1. The lowest BCUT2D eigenvalue weighted by Gasteiger charge is -2.10. The fourth-order valence-corrected chi connectivity index (χ4v) is 1.85. The number of hydrogen-bond acceptors (Lipinski definition) is 3. The first-order valence-corrected chi connectivity index (χ1v) is 6.50. The van der Waals surface area contributed by atoms with E-state index in [1.54, 1.807) is 19.4 Å². The molecule has 0 saturated carbocycles. The monoisotopic (exact) mass is 326 g/mol. The summed E-state index contributed by atoms with van der Waals surface area (Å²) < 4.78 is 6.14. The average Bonchev–Trinajstić information content (AvgIpc) is 2.36. The molecule has 0 radical (unpaired) electrons. The second-order valence-electron chi connectivity index (χ2n) is 3.79. The zero-order valence-corrected chi connectivity index (χ0v) is 12.3. The third-order valence-electron chi connectivity index (χ3n) is 2.48. The van der Waals surface area contributed by atoms with E-state index in [1.807, 2.05) is 25.1 Å². The van der Waals surface area contributed by atoms with E-state index in [9.17, 15) is 0 Å². The summed E-state index contributed by atoms with van der Waals surface area (Å²) in [6.45, 7) is 2.00. The highest BCUT2D eigenvalue weighted by molar-refractivity contribution is 9.10. The van der Waals surface area contributed by atoms with Crippen LogP contribution in [0.15, 0.2) is 34.9 Å². The lowest BCUT2D eigenvalue weighted by molar-refractivity contribution is 0.415. The van der Waals surface area contributed by atoms with Crippen molar-refractivity contribution in [2.75, 3.05) is 12.4 Å². The SMILES string of the molecule is COc1ccc(Cl)c(Nc2cc(C)c(Br)cn2)c1. The van der Waals surface area contributed by atoms with Crippen molar-refractivity contribution < 1.29 is 4.74 Å². The van der Waals surface area contributed by atoms with Crippen LogP contribution in [0, 0.1) is 6.92 Å². The Balaban J connectivity index is 2.30. The van der Waals surface area contributed by atoms with Crippen LogP contribution >= 0.6 is 27.5 Å². The first-order valence-electron chi connectivity index (χ1n) is 5.33. The van der Waals surface area contributed by atoms with Gasteiger partial charge in [0.05, 0.1) is 17.8 Å². The minimum absolute atomic E-state index is 0.623. The maximum Gasteiger partial charge on any atom is 0.130 e. The molecule has 0 aliphatic carbocycles. The molecule has 0 aliphatic rings. The van der Waals surface area contributed by atoms with Crippen molar-refractivity contribution >= 4 is 39.0 Å². The standard InChI is InChI=1S/C13H12BrClN2O/c1-8-5-13(16-7-10(8)14)17-12-6-9(18-2)3-4-11(12)15/h3-7H,1-2H3,(H,16,17). The van der Waals surface area contributed by atoms with Crippen LogP contribution < -0.4 is 10.1 Å². The quantitative estimate of drug-likeness (QED) is 0.897. The Bertz CT molecular complexity index is 575. The molecule has 0 spiro atoms. The molecule has 0 saturated heterocycles. The third kappa shape index (κ3) is 2.94. The summed E-state index contributed by atoms with van der Waals surface area (Å²) in [5.41, 5.74) is 1.87. The van der Waals surface area contributed by atoms with Crippen LogP contribution in [-0.4, -0.2) is 12.1 Å². The van der Waals surface area contributed by atoms with Gasteiger partial charge in [-0.05, 0) is 46.6 Å². The summed E-state index contributed by atoms with van der Waals surface area (Å²) in [6.07, 6.45) is 1.76. The van der Waals surface area contributed by atoms with E-state index in [1.165, 1.54) is 0 Å². The molecular formula is C13H12BrClN2O. The summed E-state index contributed by atoms with van der Waals surface area (Å²) in [4.78, 5) is 4.27. The number of methoxy groups -OCH3 is 1. The average molecular weight is 328 g/mol. The fourth-order valence-electron chi connectivity index (χ4n) is 1.47. The van der Waals surface area contributed by atoms with Gasteiger partial charge in [0, 0.05) is 16.7 Å². The topological polar surface area (TPSA) is 34.1 Å². The highest BCUT2D eigenvalue weighted by Gasteiger charge is 2.05. The molecule has 0 fully saturated rings. The second kappa shape index (κ2) is 5.59. The van der Waals surface area contributed by atoms with Crippen molar-refractivity contribution in [1.29, 1.82) is 0 Å². The van der Waals surface area contributed by atoms with E-state index in [0.717, 1.165) is 27.3 Å². The predicted molar refractivity (Wildman–Crippen MR) is 78.0 cm³/mol. The summed E-state index contributed by atoms with van der Waals surface area (Å²) in [7, 11) is 1.62. The molecule has 0 atom stereocenters. The van der Waals surface area contributed by atoms with Gasteiger partial charge in [0.2, 0.25) is 0 Å². The number of rotatable bonds is 3. The van der Waals surface area contributed by atoms with Gasteiger partial charge < -0.3 is 10.1 Å². The number of halogens is 2. The van der Waals surface area contributed by atoms with Crippen molar-refractivity contribution in [3.8, 4) is 5.75 Å². The minimum atomic E-state index is 0.623. The third-order valence-corrected chi connectivity index (χ3v) is 3.64. The van der Waals surface area contributed by atoms with E-state index < -0.39 is 0 Å². The van der Waals surface area contributed by atoms with E-state index in [4.69, 9.17) is 16.3 Å². The van der Waals surface area contributed by atoms with Gasteiger partial charge in [0.1, 0.15) is 11.6 Å². The molecule has 3 nitrogen and oxygen atoms in total. The maximum atomic E-state index is 6.12. The van der Waals surface area contributed by atoms with E-state index in [0.29, 0.717) is 5.02 Å². The van der Waals surface area contributed by atoms with Crippen LogP contribution in [0.3, 0.4) is 0 Å². The number of pyridine rings is 1. The molecule has 18 heavy (non-hydrogen) atoms. The van der Waals surface area contributed by atoms with E-state index >= 15 is 0 Å². The number of nitrogens with one attached hydrogen (secondary N) is 1. The van der Waals surface area contributed by atoms with Gasteiger partial charge in [-0.15, -0.1) is 0 Å². The highest BCUT2D eigenvalue weighted by atomic mass is 79.9. The zero-order valence-electron chi connectivity index (χ0n) is 10.00. The molecule has 1 heterocycles. The fraction of sp³-hybridized carbons (Fsp3) is 0.154. The number of benzene rings is 1. The summed E-state index contributed by atoms with van der Waals surface area (Å²) in [5, 5.41) is 3.79. The Kier molecular flexibility index (Phi) is 4.09. The zero-order chi connectivity index (χ0) is 13.1. The van der Waals surface area contributed by atoms with Gasteiger partial charge in [-0.2, -0.15) is 0 Å². The molecular weight excluding hydrogens is 316 g/mol.